The Hall–Kier alpha value is -1.66. The Morgan fingerprint density at radius 1 is 1.25 bits per heavy atom. The molecule has 20 heavy (non-hydrogen) atoms. The lowest BCUT2D eigenvalue weighted by atomic mass is 9.95. The van der Waals surface area contributed by atoms with E-state index in [-0.39, 0.29) is 5.54 Å². The van der Waals surface area contributed by atoms with Crippen molar-refractivity contribution in [2.75, 3.05) is 10.7 Å². The predicted molar refractivity (Wildman–Crippen MR) is 85.4 cm³/mol. The molecule has 2 rings (SSSR count). The van der Waals surface area contributed by atoms with Gasteiger partial charge < -0.3 is 5.32 Å². The average Bonchev–Trinajstić information content (AvgIpc) is 2.41. The van der Waals surface area contributed by atoms with E-state index in [0.29, 0.717) is 11.8 Å². The first-order valence-electron chi connectivity index (χ1n) is 6.31. The summed E-state index contributed by atoms with van der Waals surface area (Å²) in [5.41, 5.74) is 3.57. The number of nitrogens with two attached hydrogens (primary N) is 1. The lowest BCUT2D eigenvalue weighted by Gasteiger charge is -2.27. The van der Waals surface area contributed by atoms with Crippen LogP contribution < -0.4 is 16.6 Å². The highest BCUT2D eigenvalue weighted by Gasteiger charge is 2.20. The fourth-order valence-corrected chi connectivity index (χ4v) is 2.29. The minimum absolute atomic E-state index is 0.149. The molecule has 0 fully saturated rings. The third-order valence-electron chi connectivity index (χ3n) is 2.82. The Kier molecular flexibility index (Phi) is 4.57. The number of benzene rings is 1. The fourth-order valence-electron chi connectivity index (χ4n) is 2.00. The predicted octanol–water partition coefficient (Wildman–Crippen LogP) is 2.96. The maximum Gasteiger partial charge on any atom is 0.239 e. The molecule has 0 bridgehead atoms. The van der Waals surface area contributed by atoms with Crippen molar-refractivity contribution in [2.45, 2.75) is 25.8 Å². The normalized spacial score (nSPS) is 11.2. The van der Waals surface area contributed by atoms with Gasteiger partial charge in [-0.3, -0.25) is 5.43 Å². The lowest BCUT2D eigenvalue weighted by molar-refractivity contribution is 0.561. The number of hydrazine groups is 1. The van der Waals surface area contributed by atoms with Crippen molar-refractivity contribution in [3.63, 3.8) is 0 Å². The molecule has 0 unspecified atom stereocenters. The summed E-state index contributed by atoms with van der Waals surface area (Å²) in [6.07, 6.45) is 2.55. The Morgan fingerprint density at radius 3 is 2.60 bits per heavy atom. The highest BCUT2D eigenvalue weighted by molar-refractivity contribution is 9.10. The topological polar surface area (TPSA) is 75.9 Å². The molecule has 1 heterocycles. The van der Waals surface area contributed by atoms with Crippen LogP contribution in [0.15, 0.2) is 41.0 Å². The number of nitrogen functional groups attached to an aromatic ring is 1. The highest BCUT2D eigenvalue weighted by atomic mass is 79.9. The number of anilines is 2. The molecule has 1 aromatic heterocycles. The summed E-state index contributed by atoms with van der Waals surface area (Å²) in [5.74, 6) is 6.44. The number of hydrogen-bond donors (Lipinski definition) is 3. The summed E-state index contributed by atoms with van der Waals surface area (Å²) < 4.78 is 0.803. The van der Waals surface area contributed by atoms with E-state index in [1.54, 1.807) is 6.20 Å². The van der Waals surface area contributed by atoms with E-state index in [0.717, 1.165) is 10.9 Å². The van der Waals surface area contributed by atoms with Crippen molar-refractivity contribution < 1.29 is 0 Å². The monoisotopic (exact) mass is 335 g/mol. The summed E-state index contributed by atoms with van der Waals surface area (Å²) in [5, 5.41) is 3.42. The zero-order valence-corrected chi connectivity index (χ0v) is 13.1. The molecule has 0 atom stereocenters. The van der Waals surface area contributed by atoms with E-state index < -0.39 is 0 Å². The highest BCUT2D eigenvalue weighted by Crippen LogP contribution is 2.25. The molecule has 0 aliphatic heterocycles. The third kappa shape index (κ3) is 3.91. The van der Waals surface area contributed by atoms with Crippen LogP contribution in [0.1, 0.15) is 19.4 Å². The van der Waals surface area contributed by atoms with Crippen LogP contribution in [0, 0.1) is 0 Å². The van der Waals surface area contributed by atoms with Gasteiger partial charge in [0.15, 0.2) is 0 Å². The maximum atomic E-state index is 5.34. The molecular formula is C14H18BrN5. The van der Waals surface area contributed by atoms with Gasteiger partial charge >= 0.3 is 0 Å². The number of rotatable bonds is 5. The molecule has 0 spiro atoms. The molecule has 0 amide bonds. The Labute approximate surface area is 127 Å². The van der Waals surface area contributed by atoms with Gasteiger partial charge in [-0.25, -0.2) is 10.8 Å². The van der Waals surface area contributed by atoms with Gasteiger partial charge in [0.2, 0.25) is 5.95 Å². The summed E-state index contributed by atoms with van der Waals surface area (Å²) in [6.45, 7) is 4.26. The van der Waals surface area contributed by atoms with Crippen molar-refractivity contribution in [3.05, 3.63) is 46.6 Å². The Morgan fingerprint density at radius 2 is 1.95 bits per heavy atom. The van der Waals surface area contributed by atoms with Crippen LogP contribution in [-0.2, 0) is 6.42 Å². The standard InChI is InChI=1S/C14H18BrN5/c1-14(2,8-10-6-4-3-5-7-10)19-12-11(15)9-17-13(18-12)20-16/h3-7,9H,8,16H2,1-2H3,(H2,17,18,19,20). The zero-order valence-electron chi connectivity index (χ0n) is 11.5. The molecule has 4 N–H and O–H groups in total. The molecule has 0 aliphatic carbocycles. The first kappa shape index (κ1) is 14.7. The van der Waals surface area contributed by atoms with Crippen LogP contribution in [-0.4, -0.2) is 15.5 Å². The van der Waals surface area contributed by atoms with Crippen molar-refractivity contribution in [3.8, 4) is 0 Å². The number of nitrogens with one attached hydrogen (secondary N) is 2. The molecule has 1 aromatic carbocycles. The number of hydrogen-bond acceptors (Lipinski definition) is 5. The van der Waals surface area contributed by atoms with Gasteiger partial charge in [0.25, 0.3) is 0 Å². The first-order valence-corrected chi connectivity index (χ1v) is 7.11. The zero-order chi connectivity index (χ0) is 14.6. The molecule has 0 aliphatic rings. The van der Waals surface area contributed by atoms with Crippen molar-refractivity contribution in [1.29, 1.82) is 0 Å². The summed E-state index contributed by atoms with van der Waals surface area (Å²) in [6, 6.07) is 10.3. The smallest absolute Gasteiger partial charge is 0.239 e. The van der Waals surface area contributed by atoms with Gasteiger partial charge in [0.1, 0.15) is 5.82 Å². The largest absolute Gasteiger partial charge is 0.364 e. The quantitative estimate of drug-likeness (QED) is 0.578. The molecule has 5 nitrogen and oxygen atoms in total. The van der Waals surface area contributed by atoms with Crippen molar-refractivity contribution >= 4 is 27.7 Å². The second-order valence-corrected chi connectivity index (χ2v) is 6.06. The SMILES string of the molecule is CC(C)(Cc1ccccc1)Nc1nc(NN)ncc1Br. The van der Waals surface area contributed by atoms with E-state index in [1.807, 2.05) is 18.2 Å². The average molecular weight is 336 g/mol. The van der Waals surface area contributed by atoms with Crippen LogP contribution in [0.25, 0.3) is 0 Å². The van der Waals surface area contributed by atoms with Crippen LogP contribution in [0.2, 0.25) is 0 Å². The van der Waals surface area contributed by atoms with Gasteiger partial charge in [-0.1, -0.05) is 30.3 Å². The molecule has 0 saturated carbocycles. The van der Waals surface area contributed by atoms with E-state index in [4.69, 9.17) is 5.84 Å². The lowest BCUT2D eigenvalue weighted by Crippen LogP contribution is -2.34. The summed E-state index contributed by atoms with van der Waals surface area (Å²) >= 11 is 3.44. The van der Waals surface area contributed by atoms with Gasteiger partial charge in [0.05, 0.1) is 4.47 Å². The molecule has 0 saturated heterocycles. The fraction of sp³-hybridized carbons (Fsp3) is 0.286. The maximum absolute atomic E-state index is 5.34. The molecular weight excluding hydrogens is 318 g/mol. The third-order valence-corrected chi connectivity index (χ3v) is 3.40. The number of halogens is 1. The molecule has 106 valence electrons. The van der Waals surface area contributed by atoms with E-state index >= 15 is 0 Å². The minimum atomic E-state index is -0.149. The van der Waals surface area contributed by atoms with E-state index in [1.165, 1.54) is 5.56 Å². The van der Waals surface area contributed by atoms with E-state index in [2.05, 4.69) is 62.6 Å². The summed E-state index contributed by atoms with van der Waals surface area (Å²) in [4.78, 5) is 8.35. The van der Waals surface area contributed by atoms with E-state index in [9.17, 15) is 0 Å². The van der Waals surface area contributed by atoms with Crippen LogP contribution in [0.5, 0.6) is 0 Å². The van der Waals surface area contributed by atoms with Crippen molar-refractivity contribution in [1.82, 2.24) is 9.97 Å². The molecule has 2 aromatic rings. The molecule has 0 radical (unpaired) electrons. The Balaban J connectivity index is 2.15. The van der Waals surface area contributed by atoms with Gasteiger partial charge in [-0.2, -0.15) is 4.98 Å². The number of aromatic nitrogens is 2. The number of nitrogens with zero attached hydrogens (tertiary/aromatic N) is 2. The van der Waals surface area contributed by atoms with Crippen LogP contribution >= 0.6 is 15.9 Å². The van der Waals surface area contributed by atoms with Crippen LogP contribution in [0.3, 0.4) is 0 Å². The van der Waals surface area contributed by atoms with Crippen LogP contribution in [0.4, 0.5) is 11.8 Å². The second-order valence-electron chi connectivity index (χ2n) is 5.21. The first-order chi connectivity index (χ1) is 9.50. The Bertz CT molecular complexity index is 571. The summed E-state index contributed by atoms with van der Waals surface area (Å²) in [7, 11) is 0. The molecule has 6 heteroatoms. The van der Waals surface area contributed by atoms with Gasteiger partial charge in [-0.15, -0.1) is 0 Å². The van der Waals surface area contributed by atoms with Crippen molar-refractivity contribution in [2.24, 2.45) is 5.84 Å². The van der Waals surface area contributed by atoms with Gasteiger partial charge in [0, 0.05) is 11.7 Å². The van der Waals surface area contributed by atoms with Gasteiger partial charge in [-0.05, 0) is 41.8 Å². The second kappa shape index (κ2) is 6.19. The minimum Gasteiger partial charge on any atom is -0.364 e.